The third-order valence-electron chi connectivity index (χ3n) is 6.91. The van der Waals surface area contributed by atoms with E-state index in [1.54, 1.807) is 4.57 Å². The van der Waals surface area contributed by atoms with Crippen LogP contribution in [0.3, 0.4) is 0 Å². The van der Waals surface area contributed by atoms with Crippen LogP contribution in [0.15, 0.2) is 46.8 Å². The number of nitrogens with two attached hydrogens (primary N) is 1. The molecule has 0 saturated carbocycles. The molecule has 0 spiro atoms. The van der Waals surface area contributed by atoms with Crippen molar-refractivity contribution in [1.29, 1.82) is 0 Å². The Bertz CT molecular complexity index is 1310. The summed E-state index contributed by atoms with van der Waals surface area (Å²) >= 11 is 0. The number of hydrogen-bond donors (Lipinski definition) is 2. The number of benzene rings is 1. The van der Waals surface area contributed by atoms with Crippen molar-refractivity contribution in [2.45, 2.75) is 58.5 Å². The molecule has 3 heterocycles. The molecule has 8 heteroatoms. The number of nitrogen functional groups attached to an aromatic ring is 1. The van der Waals surface area contributed by atoms with E-state index in [2.05, 4.69) is 63.2 Å². The lowest BCUT2D eigenvalue weighted by molar-refractivity contribution is 0.286. The number of nitrogens with one attached hydrogen (secondary N) is 1. The number of imidazole rings is 1. The molecular weight excluding hydrogens is 440 g/mol. The van der Waals surface area contributed by atoms with Gasteiger partial charge in [0.25, 0.3) is 0 Å². The first-order valence-corrected chi connectivity index (χ1v) is 12.7. The summed E-state index contributed by atoms with van der Waals surface area (Å²) in [6, 6.07) is 8.96. The average Bonchev–Trinajstić information content (AvgIpc) is 3.49. The highest BCUT2D eigenvalue weighted by Gasteiger charge is 2.19. The van der Waals surface area contributed by atoms with E-state index in [1.165, 1.54) is 48.2 Å². The lowest BCUT2D eigenvalue weighted by Gasteiger charge is -2.21. The smallest absolute Gasteiger partial charge is 0.328 e. The fourth-order valence-corrected chi connectivity index (χ4v) is 4.94. The van der Waals surface area contributed by atoms with Gasteiger partial charge in [-0.3, -0.25) is 9.47 Å². The maximum Gasteiger partial charge on any atom is 0.328 e. The molecule has 1 saturated heterocycles. The van der Waals surface area contributed by atoms with Gasteiger partial charge in [-0.15, -0.1) is 0 Å². The van der Waals surface area contributed by atoms with Crippen LogP contribution in [0, 0.1) is 0 Å². The Balaban J connectivity index is 1.37. The van der Waals surface area contributed by atoms with Gasteiger partial charge in [-0.25, -0.2) is 4.79 Å². The number of anilines is 1. The minimum absolute atomic E-state index is 0.214. The zero-order valence-corrected chi connectivity index (χ0v) is 20.4. The Morgan fingerprint density at radius 2 is 1.91 bits per heavy atom. The van der Waals surface area contributed by atoms with E-state index in [9.17, 15) is 4.79 Å². The van der Waals surface area contributed by atoms with Gasteiger partial charge in [0.05, 0.1) is 13.2 Å². The van der Waals surface area contributed by atoms with Crippen LogP contribution in [0.4, 0.5) is 5.82 Å². The van der Waals surface area contributed by atoms with Gasteiger partial charge in [0.1, 0.15) is 5.52 Å². The number of ether oxygens (including phenoxy) is 1. The van der Waals surface area contributed by atoms with E-state index in [-0.39, 0.29) is 17.5 Å². The second-order valence-corrected chi connectivity index (χ2v) is 9.47. The Morgan fingerprint density at radius 3 is 2.69 bits per heavy atom. The van der Waals surface area contributed by atoms with Gasteiger partial charge in [-0.2, -0.15) is 9.97 Å². The van der Waals surface area contributed by atoms with E-state index < -0.39 is 0 Å². The number of H-pyrrole nitrogens is 1. The molecule has 184 valence electrons. The fourth-order valence-electron chi connectivity index (χ4n) is 4.94. The van der Waals surface area contributed by atoms with Crippen molar-refractivity contribution in [2.24, 2.45) is 0 Å². The monoisotopic (exact) mass is 474 g/mol. The van der Waals surface area contributed by atoms with Crippen LogP contribution in [-0.4, -0.2) is 44.1 Å². The van der Waals surface area contributed by atoms with Crippen LogP contribution >= 0.6 is 0 Å². The summed E-state index contributed by atoms with van der Waals surface area (Å²) in [6.45, 7) is 6.47. The summed E-state index contributed by atoms with van der Waals surface area (Å²) in [4.78, 5) is 26.8. The Labute approximate surface area is 205 Å². The van der Waals surface area contributed by atoms with Crippen LogP contribution in [0.1, 0.15) is 56.6 Å². The second-order valence-electron chi connectivity index (χ2n) is 9.47. The second kappa shape index (κ2) is 10.5. The Morgan fingerprint density at radius 1 is 1.09 bits per heavy atom. The first kappa shape index (κ1) is 23.4. The molecule has 1 aromatic carbocycles. The van der Waals surface area contributed by atoms with Crippen LogP contribution < -0.4 is 16.2 Å². The van der Waals surface area contributed by atoms with Gasteiger partial charge < -0.3 is 15.5 Å². The molecule has 35 heavy (non-hydrogen) atoms. The number of aromatic amines is 1. The molecule has 2 aromatic heterocycles. The van der Waals surface area contributed by atoms with Crippen LogP contribution in [0.2, 0.25) is 0 Å². The average molecular weight is 475 g/mol. The predicted octanol–water partition coefficient (Wildman–Crippen LogP) is 4.28. The van der Waals surface area contributed by atoms with Crippen LogP contribution in [0.5, 0.6) is 6.01 Å². The van der Waals surface area contributed by atoms with Gasteiger partial charge in [-0.05, 0) is 67.5 Å². The van der Waals surface area contributed by atoms with E-state index in [0.29, 0.717) is 24.3 Å². The van der Waals surface area contributed by atoms with Gasteiger partial charge in [-0.1, -0.05) is 49.8 Å². The minimum Gasteiger partial charge on any atom is -0.463 e. The number of likely N-dealkylation sites (tertiary alicyclic amines) is 1. The molecule has 0 bridgehead atoms. The highest BCUT2D eigenvalue weighted by Crippen LogP contribution is 2.31. The number of allylic oxidation sites excluding steroid dienone is 4. The van der Waals surface area contributed by atoms with E-state index in [0.717, 1.165) is 32.2 Å². The summed E-state index contributed by atoms with van der Waals surface area (Å²) < 4.78 is 7.28. The van der Waals surface area contributed by atoms with Crippen LogP contribution in [-0.2, 0) is 13.1 Å². The molecule has 0 radical (unpaired) electrons. The molecule has 0 unspecified atom stereocenters. The van der Waals surface area contributed by atoms with E-state index in [1.807, 2.05) is 0 Å². The van der Waals surface area contributed by atoms with Crippen molar-refractivity contribution in [3.8, 4) is 6.01 Å². The summed E-state index contributed by atoms with van der Waals surface area (Å²) in [6.07, 6.45) is 10.7. The molecule has 0 atom stereocenters. The molecule has 0 amide bonds. The van der Waals surface area contributed by atoms with Crippen molar-refractivity contribution in [3.63, 3.8) is 0 Å². The predicted molar refractivity (Wildman–Crippen MR) is 139 cm³/mol. The normalized spacial score (nSPS) is 16.5. The third-order valence-corrected chi connectivity index (χ3v) is 6.91. The summed E-state index contributed by atoms with van der Waals surface area (Å²) in [5, 5.41) is 0. The fraction of sp³-hybridized carbons (Fsp3) is 0.444. The van der Waals surface area contributed by atoms with Crippen molar-refractivity contribution >= 4 is 22.6 Å². The number of fused-ring (bicyclic) bond motifs is 1. The van der Waals surface area contributed by atoms with Gasteiger partial charge in [0.15, 0.2) is 11.5 Å². The highest BCUT2D eigenvalue weighted by atomic mass is 16.5. The molecule has 3 aromatic rings. The maximum atomic E-state index is 12.7. The first-order valence-electron chi connectivity index (χ1n) is 12.7. The quantitative estimate of drug-likeness (QED) is 0.449. The molecule has 1 aliphatic heterocycles. The lowest BCUT2D eigenvalue weighted by atomic mass is 9.90. The van der Waals surface area contributed by atoms with Gasteiger partial charge in [0, 0.05) is 6.54 Å². The van der Waals surface area contributed by atoms with Gasteiger partial charge >= 0.3 is 11.7 Å². The third kappa shape index (κ3) is 5.17. The number of unbranched alkanes of at least 4 members (excludes halogenated alkanes) is 1. The largest absolute Gasteiger partial charge is 0.463 e. The summed E-state index contributed by atoms with van der Waals surface area (Å²) in [5.74, 6) is 0.228. The zero-order valence-electron chi connectivity index (χ0n) is 20.4. The maximum absolute atomic E-state index is 12.7. The minimum atomic E-state index is -0.238. The molecular formula is C27H34N6O2. The molecule has 1 fully saturated rings. The molecule has 8 nitrogen and oxygen atoms in total. The SMILES string of the molecule is CCCCOc1nc(N)c2[nH]c(=O)n(CC3=CC=C(c4ccccc4CN4CCCC4)CC3)c2n1. The van der Waals surface area contributed by atoms with Crippen molar-refractivity contribution in [2.75, 3.05) is 25.4 Å². The van der Waals surface area contributed by atoms with E-state index >= 15 is 0 Å². The number of hydrogen-bond acceptors (Lipinski definition) is 6. The number of nitrogens with zero attached hydrogens (tertiary/aromatic N) is 4. The Hall–Kier alpha value is -3.39. The van der Waals surface area contributed by atoms with Crippen LogP contribution in [0.25, 0.3) is 16.7 Å². The highest BCUT2D eigenvalue weighted by molar-refractivity contribution is 5.82. The standard InChI is InChI=1S/C27H34N6O2/c1-2-3-16-35-26-30-24(28)23-25(31-26)33(27(34)29-23)17-19-10-12-20(13-11-19)22-9-5-4-8-21(22)18-32-14-6-7-15-32/h4-5,8-10,12H,2-3,6-7,11,13-18H2,1H3,(H,29,34)(H2,28,30,31). The zero-order chi connectivity index (χ0) is 24.2. The summed E-state index contributed by atoms with van der Waals surface area (Å²) in [7, 11) is 0. The van der Waals surface area contributed by atoms with Gasteiger partial charge in [0.2, 0.25) is 0 Å². The Kier molecular flexibility index (Phi) is 6.99. The van der Waals surface area contributed by atoms with Crippen molar-refractivity contribution in [1.82, 2.24) is 24.4 Å². The molecule has 5 rings (SSSR count). The summed E-state index contributed by atoms with van der Waals surface area (Å²) in [5.41, 5.74) is 12.1. The first-order chi connectivity index (χ1) is 17.1. The molecule has 3 N–H and O–H groups in total. The van der Waals surface area contributed by atoms with Crippen molar-refractivity contribution in [3.05, 3.63) is 63.6 Å². The van der Waals surface area contributed by atoms with E-state index in [4.69, 9.17) is 10.5 Å². The number of rotatable bonds is 9. The lowest BCUT2D eigenvalue weighted by Crippen LogP contribution is -2.19. The molecule has 2 aliphatic rings. The molecule has 1 aliphatic carbocycles. The topological polar surface area (TPSA) is 102 Å². The van der Waals surface area contributed by atoms with Crippen molar-refractivity contribution < 1.29 is 4.74 Å². The number of aromatic nitrogens is 4.